The Hall–Kier alpha value is -0.600. The van der Waals surface area contributed by atoms with Gasteiger partial charge < -0.3 is 10.2 Å². The third-order valence-corrected chi connectivity index (χ3v) is 8.27. The Kier molecular flexibility index (Phi) is 3.59. The van der Waals surface area contributed by atoms with Crippen molar-refractivity contribution in [2.24, 2.45) is 28.6 Å². The zero-order chi connectivity index (χ0) is 16.4. The molecule has 4 aliphatic carbocycles. The number of aliphatic hydroxyl groups is 2. The average molecular weight is 316 g/mol. The van der Waals surface area contributed by atoms with E-state index in [1.807, 2.05) is 0 Å². The van der Waals surface area contributed by atoms with Crippen molar-refractivity contribution >= 4 is 0 Å². The van der Waals surface area contributed by atoms with Gasteiger partial charge in [0, 0.05) is 0 Å². The van der Waals surface area contributed by atoms with E-state index in [4.69, 9.17) is 0 Å². The molecule has 4 rings (SSSR count). The maximum absolute atomic E-state index is 10.6. The molecule has 0 aromatic carbocycles. The van der Waals surface area contributed by atoms with Crippen LogP contribution in [0.25, 0.3) is 0 Å². The highest BCUT2D eigenvalue weighted by Gasteiger charge is 2.58. The lowest BCUT2D eigenvalue weighted by Gasteiger charge is -2.57. The predicted octanol–water partition coefficient (Wildman–Crippen LogP) is 4.23. The van der Waals surface area contributed by atoms with Gasteiger partial charge in [0.25, 0.3) is 0 Å². The van der Waals surface area contributed by atoms with Crippen molar-refractivity contribution in [2.75, 3.05) is 0 Å². The van der Waals surface area contributed by atoms with Gasteiger partial charge in [-0.3, -0.25) is 0 Å². The molecule has 0 spiro atoms. The van der Waals surface area contributed by atoms with Crippen LogP contribution >= 0.6 is 0 Å². The molecule has 128 valence electrons. The van der Waals surface area contributed by atoms with Crippen LogP contribution in [0.3, 0.4) is 0 Å². The molecule has 0 amide bonds. The van der Waals surface area contributed by atoms with Gasteiger partial charge in [-0.2, -0.15) is 0 Å². The van der Waals surface area contributed by atoms with E-state index in [-0.39, 0.29) is 17.6 Å². The van der Waals surface area contributed by atoms with Gasteiger partial charge in [-0.1, -0.05) is 31.6 Å². The van der Waals surface area contributed by atoms with Crippen LogP contribution in [0.15, 0.2) is 23.3 Å². The van der Waals surface area contributed by atoms with Gasteiger partial charge in [0.1, 0.15) is 0 Å². The molecule has 1 unspecified atom stereocenters. The first-order valence-corrected chi connectivity index (χ1v) is 9.62. The molecule has 0 saturated heterocycles. The van der Waals surface area contributed by atoms with E-state index in [9.17, 15) is 10.2 Å². The molecule has 4 aliphatic rings. The first kappa shape index (κ1) is 15.9. The lowest BCUT2D eigenvalue weighted by molar-refractivity contribution is -0.0278. The minimum absolute atomic E-state index is 0.123. The van der Waals surface area contributed by atoms with Gasteiger partial charge in [0.05, 0.1) is 12.2 Å². The smallest absolute Gasteiger partial charge is 0.0758 e. The van der Waals surface area contributed by atoms with Gasteiger partial charge in [-0.25, -0.2) is 0 Å². The van der Waals surface area contributed by atoms with Crippen LogP contribution in [0.1, 0.15) is 65.7 Å². The summed E-state index contributed by atoms with van der Waals surface area (Å²) in [5, 5.41) is 20.7. The van der Waals surface area contributed by atoms with Gasteiger partial charge in [-0.05, 0) is 86.0 Å². The molecule has 2 heteroatoms. The predicted molar refractivity (Wildman–Crippen MR) is 92.9 cm³/mol. The van der Waals surface area contributed by atoms with Crippen molar-refractivity contribution in [1.82, 2.24) is 0 Å². The van der Waals surface area contributed by atoms with Gasteiger partial charge >= 0.3 is 0 Å². The molecule has 0 aliphatic heterocycles. The largest absolute Gasteiger partial charge is 0.393 e. The Bertz CT molecular complexity index is 562. The van der Waals surface area contributed by atoms with E-state index < -0.39 is 0 Å². The van der Waals surface area contributed by atoms with Crippen LogP contribution in [0.5, 0.6) is 0 Å². The first-order valence-electron chi connectivity index (χ1n) is 9.62. The van der Waals surface area contributed by atoms with E-state index in [1.165, 1.54) is 24.0 Å². The van der Waals surface area contributed by atoms with Crippen LogP contribution in [0.2, 0.25) is 0 Å². The highest BCUT2D eigenvalue weighted by atomic mass is 16.3. The number of fused-ring (bicyclic) bond motifs is 5. The first-order chi connectivity index (χ1) is 10.9. The SMILES string of the molecule is CC=C1C(O)C[C@H]2[C@@H]3CC=C4C[C@@H](O)CC[C@]4(C)[C@H]3CC[C@]12C. The summed E-state index contributed by atoms with van der Waals surface area (Å²) in [6.07, 6.45) is 11.9. The molecule has 2 nitrogen and oxygen atoms in total. The molecule has 7 atom stereocenters. The van der Waals surface area contributed by atoms with E-state index >= 15 is 0 Å². The lowest BCUT2D eigenvalue weighted by Crippen LogP contribution is -2.49. The van der Waals surface area contributed by atoms with Gasteiger partial charge in [-0.15, -0.1) is 0 Å². The monoisotopic (exact) mass is 316 g/mol. The fourth-order valence-electron chi connectivity index (χ4n) is 7.03. The van der Waals surface area contributed by atoms with Crippen LogP contribution in [0, 0.1) is 28.6 Å². The van der Waals surface area contributed by atoms with Crippen molar-refractivity contribution in [1.29, 1.82) is 0 Å². The molecule has 0 heterocycles. The zero-order valence-electron chi connectivity index (χ0n) is 14.9. The normalized spacial score (nSPS) is 54.2. The molecule has 3 saturated carbocycles. The number of aliphatic hydroxyl groups excluding tert-OH is 2. The molecular formula is C21H32O2. The highest BCUT2D eigenvalue weighted by molar-refractivity contribution is 5.31. The second kappa shape index (κ2) is 5.20. The average Bonchev–Trinajstić information content (AvgIpc) is 2.77. The number of allylic oxidation sites excluding steroid dienone is 2. The summed E-state index contributed by atoms with van der Waals surface area (Å²) in [6.45, 7) is 6.97. The maximum atomic E-state index is 10.6. The standard InChI is InChI=1S/C21H32O2/c1-4-16-19(23)12-18-15-6-5-13-11-14(22)7-9-20(13,2)17(15)8-10-21(16,18)3/h4-5,14-15,17-19,22-23H,6-12H2,1-3H3/t14-,15+,17-,18-,19?,20-,21+/m0/s1. The van der Waals surface area contributed by atoms with E-state index in [0.29, 0.717) is 17.3 Å². The summed E-state index contributed by atoms with van der Waals surface area (Å²) in [5.74, 6) is 2.09. The molecule has 0 aromatic rings. The third-order valence-electron chi connectivity index (χ3n) is 8.27. The molecule has 0 radical (unpaired) electrons. The third kappa shape index (κ3) is 2.07. The van der Waals surface area contributed by atoms with Crippen LogP contribution < -0.4 is 0 Å². The Morgan fingerprint density at radius 2 is 1.83 bits per heavy atom. The fourth-order valence-corrected chi connectivity index (χ4v) is 7.03. The summed E-state index contributed by atoms with van der Waals surface area (Å²) in [5.41, 5.74) is 3.35. The number of hydrogen-bond donors (Lipinski definition) is 2. The van der Waals surface area contributed by atoms with Crippen LogP contribution in [-0.2, 0) is 0 Å². The Balaban J connectivity index is 1.70. The summed E-state index contributed by atoms with van der Waals surface area (Å²) in [4.78, 5) is 0. The van der Waals surface area contributed by atoms with Gasteiger partial charge in [0.2, 0.25) is 0 Å². The maximum Gasteiger partial charge on any atom is 0.0758 e. The second-order valence-electron chi connectivity index (χ2n) is 9.11. The van der Waals surface area contributed by atoms with Crippen molar-refractivity contribution < 1.29 is 10.2 Å². The Morgan fingerprint density at radius 1 is 1.09 bits per heavy atom. The fraction of sp³-hybridized carbons (Fsp3) is 0.810. The van der Waals surface area contributed by atoms with Crippen LogP contribution in [-0.4, -0.2) is 22.4 Å². The molecule has 2 N–H and O–H groups in total. The van der Waals surface area contributed by atoms with Crippen molar-refractivity contribution in [3.8, 4) is 0 Å². The molecule has 23 heavy (non-hydrogen) atoms. The number of hydrogen-bond acceptors (Lipinski definition) is 2. The lowest BCUT2D eigenvalue weighted by atomic mass is 9.48. The summed E-state index contributed by atoms with van der Waals surface area (Å²) in [7, 11) is 0. The molecule has 3 fully saturated rings. The summed E-state index contributed by atoms with van der Waals surface area (Å²) in [6, 6.07) is 0. The van der Waals surface area contributed by atoms with Crippen LogP contribution in [0.4, 0.5) is 0 Å². The second-order valence-corrected chi connectivity index (χ2v) is 9.11. The molecule has 0 bridgehead atoms. The zero-order valence-corrected chi connectivity index (χ0v) is 14.9. The molecular weight excluding hydrogens is 284 g/mol. The van der Waals surface area contributed by atoms with Crippen molar-refractivity contribution in [3.05, 3.63) is 23.3 Å². The Labute approximate surface area is 140 Å². The minimum Gasteiger partial charge on any atom is -0.393 e. The summed E-state index contributed by atoms with van der Waals surface area (Å²) < 4.78 is 0. The molecule has 0 aromatic heterocycles. The van der Waals surface area contributed by atoms with Gasteiger partial charge in [0.15, 0.2) is 0 Å². The topological polar surface area (TPSA) is 40.5 Å². The Morgan fingerprint density at radius 3 is 2.57 bits per heavy atom. The minimum atomic E-state index is -0.222. The quantitative estimate of drug-likeness (QED) is 0.657. The highest BCUT2D eigenvalue weighted by Crippen LogP contribution is 2.66. The summed E-state index contributed by atoms with van der Waals surface area (Å²) >= 11 is 0. The van der Waals surface area contributed by atoms with E-state index in [1.54, 1.807) is 0 Å². The van der Waals surface area contributed by atoms with E-state index in [0.717, 1.165) is 38.0 Å². The number of rotatable bonds is 0. The van der Waals surface area contributed by atoms with Crippen molar-refractivity contribution in [2.45, 2.75) is 77.9 Å². The van der Waals surface area contributed by atoms with E-state index in [2.05, 4.69) is 32.9 Å². The van der Waals surface area contributed by atoms with Crippen molar-refractivity contribution in [3.63, 3.8) is 0 Å².